The summed E-state index contributed by atoms with van der Waals surface area (Å²) in [5, 5.41) is 0. The Morgan fingerprint density at radius 3 is 1.94 bits per heavy atom. The van der Waals surface area contributed by atoms with E-state index in [-0.39, 0.29) is 11.7 Å². The van der Waals surface area contributed by atoms with Gasteiger partial charge >= 0.3 is 0 Å². The standard InChI is InChI=1S/C31H52O2/c1-24(2)22-29(31(3,4)5)27-16-18-28(19-17-27)33-30(23-26-14-10-7-11-15-26)32-21-20-25-12-8-6-9-13-25/h16-19,24-26,29-30H,6-15,20-23H2,1-5H3. The van der Waals surface area contributed by atoms with Gasteiger partial charge < -0.3 is 9.47 Å². The Morgan fingerprint density at radius 2 is 1.39 bits per heavy atom. The maximum absolute atomic E-state index is 6.49. The zero-order valence-corrected chi connectivity index (χ0v) is 22.4. The van der Waals surface area contributed by atoms with Gasteiger partial charge in [-0.25, -0.2) is 0 Å². The molecule has 2 heteroatoms. The first kappa shape index (κ1) is 26.6. The van der Waals surface area contributed by atoms with Crippen LogP contribution in [0.4, 0.5) is 0 Å². The van der Waals surface area contributed by atoms with E-state index in [1.807, 2.05) is 0 Å². The molecule has 0 spiro atoms. The van der Waals surface area contributed by atoms with Gasteiger partial charge in [-0.3, -0.25) is 0 Å². The highest BCUT2D eigenvalue weighted by molar-refractivity contribution is 5.30. The van der Waals surface area contributed by atoms with E-state index in [0.29, 0.717) is 11.8 Å². The van der Waals surface area contributed by atoms with E-state index in [0.717, 1.165) is 30.6 Å². The molecule has 0 bridgehead atoms. The topological polar surface area (TPSA) is 18.5 Å². The lowest BCUT2D eigenvalue weighted by molar-refractivity contribution is -0.0984. The van der Waals surface area contributed by atoms with Crippen LogP contribution < -0.4 is 4.74 Å². The van der Waals surface area contributed by atoms with E-state index in [1.165, 1.54) is 82.6 Å². The third kappa shape index (κ3) is 9.27. The lowest BCUT2D eigenvalue weighted by Gasteiger charge is -2.33. The van der Waals surface area contributed by atoms with Crippen LogP contribution in [0.25, 0.3) is 0 Å². The van der Waals surface area contributed by atoms with Crippen molar-refractivity contribution in [3.8, 4) is 5.75 Å². The van der Waals surface area contributed by atoms with E-state index >= 15 is 0 Å². The fourth-order valence-corrected chi connectivity index (χ4v) is 6.08. The molecule has 2 aliphatic carbocycles. The Bertz CT molecular complexity index is 644. The van der Waals surface area contributed by atoms with E-state index in [4.69, 9.17) is 9.47 Å². The van der Waals surface area contributed by atoms with E-state index in [2.05, 4.69) is 58.9 Å². The smallest absolute Gasteiger partial charge is 0.200 e. The molecule has 0 amide bonds. The van der Waals surface area contributed by atoms with Crippen LogP contribution in [0.15, 0.2) is 24.3 Å². The Labute approximate surface area is 205 Å². The molecule has 1 aromatic rings. The number of benzene rings is 1. The highest BCUT2D eigenvalue weighted by atomic mass is 16.7. The van der Waals surface area contributed by atoms with Crippen LogP contribution >= 0.6 is 0 Å². The molecule has 33 heavy (non-hydrogen) atoms. The summed E-state index contributed by atoms with van der Waals surface area (Å²) in [6, 6.07) is 8.97. The number of rotatable bonds is 11. The Hall–Kier alpha value is -1.02. The average Bonchev–Trinajstić information content (AvgIpc) is 2.79. The number of hydrogen-bond acceptors (Lipinski definition) is 2. The zero-order chi connectivity index (χ0) is 23.7. The molecule has 0 heterocycles. The van der Waals surface area contributed by atoms with Gasteiger partial charge in [-0.05, 0) is 59.6 Å². The normalized spacial score (nSPS) is 20.7. The maximum atomic E-state index is 6.49. The van der Waals surface area contributed by atoms with Crippen LogP contribution in [0.2, 0.25) is 0 Å². The predicted molar refractivity (Wildman–Crippen MR) is 141 cm³/mol. The van der Waals surface area contributed by atoms with Gasteiger partial charge in [-0.1, -0.05) is 111 Å². The van der Waals surface area contributed by atoms with Crippen molar-refractivity contribution in [2.24, 2.45) is 23.2 Å². The first-order chi connectivity index (χ1) is 15.8. The van der Waals surface area contributed by atoms with Crippen molar-refractivity contribution in [3.63, 3.8) is 0 Å². The summed E-state index contributed by atoms with van der Waals surface area (Å²) in [5.41, 5.74) is 1.70. The highest BCUT2D eigenvalue weighted by Crippen LogP contribution is 2.40. The van der Waals surface area contributed by atoms with Gasteiger partial charge in [-0.2, -0.15) is 0 Å². The van der Waals surface area contributed by atoms with Crippen molar-refractivity contribution >= 4 is 0 Å². The molecule has 0 saturated heterocycles. The summed E-state index contributed by atoms with van der Waals surface area (Å²) in [5.74, 6) is 3.85. The van der Waals surface area contributed by atoms with Crippen molar-refractivity contribution < 1.29 is 9.47 Å². The molecule has 2 fully saturated rings. The lowest BCUT2D eigenvalue weighted by Crippen LogP contribution is -2.26. The molecule has 2 unspecified atom stereocenters. The third-order valence-electron chi connectivity index (χ3n) is 8.11. The molecule has 0 aromatic heterocycles. The maximum Gasteiger partial charge on any atom is 0.200 e. The van der Waals surface area contributed by atoms with Crippen molar-refractivity contribution in [2.45, 2.75) is 130 Å². The first-order valence-corrected chi connectivity index (χ1v) is 14.2. The van der Waals surface area contributed by atoms with Crippen LogP contribution in [0.5, 0.6) is 5.75 Å². The third-order valence-corrected chi connectivity index (χ3v) is 8.11. The molecule has 2 nitrogen and oxygen atoms in total. The first-order valence-electron chi connectivity index (χ1n) is 14.2. The fraction of sp³-hybridized carbons (Fsp3) is 0.806. The van der Waals surface area contributed by atoms with Crippen molar-refractivity contribution in [1.82, 2.24) is 0 Å². The van der Waals surface area contributed by atoms with E-state index in [1.54, 1.807) is 0 Å². The molecular weight excluding hydrogens is 404 g/mol. The van der Waals surface area contributed by atoms with Crippen LogP contribution in [-0.2, 0) is 4.74 Å². The summed E-state index contributed by atoms with van der Waals surface area (Å²) in [7, 11) is 0. The van der Waals surface area contributed by atoms with E-state index < -0.39 is 0 Å². The van der Waals surface area contributed by atoms with Gasteiger partial charge in [0.05, 0.1) is 6.61 Å². The van der Waals surface area contributed by atoms with Crippen molar-refractivity contribution in [2.75, 3.05) is 6.61 Å². The van der Waals surface area contributed by atoms with Crippen molar-refractivity contribution in [1.29, 1.82) is 0 Å². The molecule has 188 valence electrons. The largest absolute Gasteiger partial charge is 0.465 e. The second-order valence-corrected chi connectivity index (χ2v) is 12.6. The molecule has 2 saturated carbocycles. The average molecular weight is 457 g/mol. The molecule has 0 aliphatic heterocycles. The fourth-order valence-electron chi connectivity index (χ4n) is 6.08. The second kappa shape index (κ2) is 13.2. The van der Waals surface area contributed by atoms with Gasteiger partial charge in [0.25, 0.3) is 0 Å². The van der Waals surface area contributed by atoms with Crippen LogP contribution in [0.1, 0.15) is 130 Å². The zero-order valence-electron chi connectivity index (χ0n) is 22.4. The molecule has 0 radical (unpaired) electrons. The molecule has 3 rings (SSSR count). The number of ether oxygens (including phenoxy) is 2. The van der Waals surface area contributed by atoms with Gasteiger partial charge in [0.2, 0.25) is 0 Å². The minimum absolute atomic E-state index is 0.100. The minimum Gasteiger partial charge on any atom is -0.465 e. The van der Waals surface area contributed by atoms with Crippen molar-refractivity contribution in [3.05, 3.63) is 29.8 Å². The highest BCUT2D eigenvalue weighted by Gasteiger charge is 2.27. The molecule has 2 atom stereocenters. The van der Waals surface area contributed by atoms with Crippen LogP contribution in [0.3, 0.4) is 0 Å². The SMILES string of the molecule is CC(C)CC(c1ccc(OC(CC2CCCCC2)OCCC2CCCCC2)cc1)C(C)(C)C. The summed E-state index contributed by atoms with van der Waals surface area (Å²) in [6.45, 7) is 12.6. The van der Waals surface area contributed by atoms with Gasteiger partial charge in [-0.15, -0.1) is 0 Å². The quantitative estimate of drug-likeness (QED) is 0.309. The molecule has 2 aliphatic rings. The summed E-state index contributed by atoms with van der Waals surface area (Å²) >= 11 is 0. The monoisotopic (exact) mass is 456 g/mol. The summed E-state index contributed by atoms with van der Waals surface area (Å²) in [6.07, 6.45) is 17.2. The molecular formula is C31H52O2. The number of hydrogen-bond donors (Lipinski definition) is 0. The Kier molecular flexibility index (Phi) is 10.6. The van der Waals surface area contributed by atoms with Gasteiger partial charge in [0, 0.05) is 6.42 Å². The van der Waals surface area contributed by atoms with Gasteiger partial charge in [0.1, 0.15) is 5.75 Å². The van der Waals surface area contributed by atoms with Crippen LogP contribution in [-0.4, -0.2) is 12.9 Å². The summed E-state index contributed by atoms with van der Waals surface area (Å²) in [4.78, 5) is 0. The Balaban J connectivity index is 1.60. The second-order valence-electron chi connectivity index (χ2n) is 12.6. The summed E-state index contributed by atoms with van der Waals surface area (Å²) < 4.78 is 12.9. The Morgan fingerprint density at radius 1 is 0.818 bits per heavy atom. The lowest BCUT2D eigenvalue weighted by atomic mass is 9.72. The van der Waals surface area contributed by atoms with Gasteiger partial charge in [0.15, 0.2) is 6.29 Å². The molecule has 0 N–H and O–H groups in total. The molecule has 1 aromatic carbocycles. The minimum atomic E-state index is -0.100. The predicted octanol–water partition coefficient (Wildman–Crippen LogP) is 9.52. The van der Waals surface area contributed by atoms with E-state index in [9.17, 15) is 0 Å². The van der Waals surface area contributed by atoms with Crippen LogP contribution in [0, 0.1) is 23.2 Å².